The molecule has 130 valence electrons. The van der Waals surface area contributed by atoms with E-state index in [0.29, 0.717) is 20.0 Å². The van der Waals surface area contributed by atoms with Crippen LogP contribution in [0.1, 0.15) is 10.4 Å². The summed E-state index contributed by atoms with van der Waals surface area (Å²) in [6, 6.07) is 7.66. The summed E-state index contributed by atoms with van der Waals surface area (Å²) in [6.45, 7) is 0. The molecule has 0 fully saturated rings. The molecule has 0 unspecified atom stereocenters. The maximum Gasteiger partial charge on any atom is 0.335 e. The molecule has 3 heterocycles. The lowest BCUT2D eigenvalue weighted by Gasteiger charge is -1.97. The molecule has 26 heavy (non-hydrogen) atoms. The van der Waals surface area contributed by atoms with Gasteiger partial charge in [-0.05, 0) is 57.8 Å². The second kappa shape index (κ2) is 6.44. The van der Waals surface area contributed by atoms with Gasteiger partial charge in [0.25, 0.3) is 0 Å². The van der Waals surface area contributed by atoms with E-state index in [-0.39, 0.29) is 10.6 Å². The molecule has 0 amide bonds. The van der Waals surface area contributed by atoms with Crippen molar-refractivity contribution in [2.45, 2.75) is 9.50 Å². The minimum Gasteiger partial charge on any atom is -0.478 e. The second-order valence-electron chi connectivity index (χ2n) is 4.81. The molecular formula is C13H6N6O4S3. The molecule has 13 heteroatoms. The Labute approximate surface area is 156 Å². The highest BCUT2D eigenvalue weighted by molar-refractivity contribution is 8.01. The van der Waals surface area contributed by atoms with Gasteiger partial charge in [0, 0.05) is 6.07 Å². The largest absolute Gasteiger partial charge is 0.478 e. The quantitative estimate of drug-likeness (QED) is 0.391. The van der Waals surface area contributed by atoms with Gasteiger partial charge in [-0.25, -0.2) is 9.78 Å². The van der Waals surface area contributed by atoms with Gasteiger partial charge in [0.2, 0.25) is 5.16 Å². The van der Waals surface area contributed by atoms with E-state index in [2.05, 4.69) is 20.5 Å². The molecule has 3 aromatic heterocycles. The Morgan fingerprint density at radius 3 is 2.85 bits per heavy atom. The number of hydrogen-bond acceptors (Lipinski definition) is 10. The number of carboxylic acid groups (broad SMARTS) is 1. The average molecular weight is 406 g/mol. The maximum atomic E-state index is 11.1. The van der Waals surface area contributed by atoms with Crippen molar-refractivity contribution in [3.63, 3.8) is 0 Å². The van der Waals surface area contributed by atoms with Gasteiger partial charge in [-0.1, -0.05) is 0 Å². The highest BCUT2D eigenvalue weighted by Gasteiger charge is 2.18. The number of aromatic carboxylic acids is 1. The molecule has 0 radical (unpaired) electrons. The summed E-state index contributed by atoms with van der Waals surface area (Å²) in [5.41, 5.74) is 0.863. The van der Waals surface area contributed by atoms with Crippen molar-refractivity contribution in [3.05, 3.63) is 46.0 Å². The number of nitrogens with zero attached hydrogens (tertiary/aromatic N) is 6. The third-order valence-corrected chi connectivity index (χ3v) is 6.23. The molecule has 0 saturated carbocycles. The molecule has 0 aliphatic carbocycles. The predicted octanol–water partition coefficient (Wildman–Crippen LogP) is 3.09. The Balaban J connectivity index is 1.65. The number of aromatic nitrogens is 5. The van der Waals surface area contributed by atoms with Crippen molar-refractivity contribution >= 4 is 55.6 Å². The van der Waals surface area contributed by atoms with Crippen LogP contribution in [0.25, 0.3) is 15.2 Å². The summed E-state index contributed by atoms with van der Waals surface area (Å²) >= 11 is 3.47. The zero-order valence-electron chi connectivity index (χ0n) is 12.5. The van der Waals surface area contributed by atoms with Crippen molar-refractivity contribution in [2.24, 2.45) is 0 Å². The van der Waals surface area contributed by atoms with Crippen LogP contribution in [0.15, 0.2) is 39.8 Å². The summed E-state index contributed by atoms with van der Waals surface area (Å²) in [7, 11) is 0. The van der Waals surface area contributed by atoms with E-state index in [1.807, 2.05) is 0 Å². The Kier molecular flexibility index (Phi) is 4.10. The molecule has 0 aliphatic heterocycles. The fourth-order valence-corrected chi connectivity index (χ4v) is 4.89. The van der Waals surface area contributed by atoms with Crippen molar-refractivity contribution in [3.8, 4) is 5.00 Å². The Hall–Kier alpha value is -2.90. The smallest absolute Gasteiger partial charge is 0.335 e. The van der Waals surface area contributed by atoms with Crippen molar-refractivity contribution in [1.82, 2.24) is 25.2 Å². The van der Waals surface area contributed by atoms with Gasteiger partial charge in [0.05, 0.1) is 20.7 Å². The number of carboxylic acids is 1. The third-order valence-electron chi connectivity index (χ3n) is 3.20. The third kappa shape index (κ3) is 3.02. The van der Waals surface area contributed by atoms with Gasteiger partial charge in [0.15, 0.2) is 4.34 Å². The number of fused-ring (bicyclic) bond motifs is 1. The van der Waals surface area contributed by atoms with Gasteiger partial charge >= 0.3 is 11.0 Å². The SMILES string of the molecule is O=C(O)c1ccc2nc(Sc3nnnn3-c3ccc([N+](=O)[O-])s3)sc2c1. The molecule has 4 aromatic rings. The van der Waals surface area contributed by atoms with Gasteiger partial charge in [-0.3, -0.25) is 10.1 Å². The van der Waals surface area contributed by atoms with E-state index in [0.717, 1.165) is 16.0 Å². The lowest BCUT2D eigenvalue weighted by molar-refractivity contribution is -0.380. The zero-order valence-corrected chi connectivity index (χ0v) is 14.9. The number of thiazole rings is 1. The van der Waals surface area contributed by atoms with Crippen LogP contribution >= 0.6 is 34.4 Å². The van der Waals surface area contributed by atoms with Crippen LogP contribution in [-0.2, 0) is 0 Å². The molecule has 1 aromatic carbocycles. The monoisotopic (exact) mass is 406 g/mol. The fraction of sp³-hybridized carbons (Fsp3) is 0. The highest BCUT2D eigenvalue weighted by atomic mass is 32.2. The van der Waals surface area contributed by atoms with Crippen LogP contribution in [0.4, 0.5) is 5.00 Å². The number of tetrazole rings is 1. The van der Waals surface area contributed by atoms with Gasteiger partial charge in [-0.2, -0.15) is 4.68 Å². The first-order valence-corrected chi connectivity index (χ1v) is 9.31. The summed E-state index contributed by atoms with van der Waals surface area (Å²) in [4.78, 5) is 25.9. The predicted molar refractivity (Wildman–Crippen MR) is 94.4 cm³/mol. The van der Waals surface area contributed by atoms with E-state index in [4.69, 9.17) is 5.11 Å². The van der Waals surface area contributed by atoms with Crippen LogP contribution < -0.4 is 0 Å². The Morgan fingerprint density at radius 1 is 1.27 bits per heavy atom. The molecule has 4 rings (SSSR count). The molecule has 0 aliphatic rings. The summed E-state index contributed by atoms with van der Waals surface area (Å²) in [6.07, 6.45) is 0. The zero-order chi connectivity index (χ0) is 18.3. The second-order valence-corrected chi connectivity index (χ2v) is 8.10. The first kappa shape index (κ1) is 16.6. The summed E-state index contributed by atoms with van der Waals surface area (Å²) in [5, 5.41) is 32.2. The van der Waals surface area contributed by atoms with Gasteiger partial charge in [-0.15, -0.1) is 16.4 Å². The molecule has 10 nitrogen and oxygen atoms in total. The average Bonchev–Trinajstić information content (AvgIpc) is 3.32. The number of thiophene rings is 1. The number of carbonyl (C=O) groups is 1. The lowest BCUT2D eigenvalue weighted by atomic mass is 10.2. The fourth-order valence-electron chi connectivity index (χ4n) is 2.07. The molecule has 1 N–H and O–H groups in total. The molecule has 0 saturated heterocycles. The Bertz CT molecular complexity index is 1150. The number of nitro groups is 1. The summed E-state index contributed by atoms with van der Waals surface area (Å²) in [5.74, 6) is -1.00. The van der Waals surface area contributed by atoms with E-state index >= 15 is 0 Å². The van der Waals surface area contributed by atoms with Crippen molar-refractivity contribution in [2.75, 3.05) is 0 Å². The molecule has 0 spiro atoms. The molecule has 0 atom stereocenters. The van der Waals surface area contributed by atoms with Crippen molar-refractivity contribution < 1.29 is 14.8 Å². The first-order valence-electron chi connectivity index (χ1n) is 6.86. The standard InChI is InChI=1S/C13H6N6O4S3/c20-11(21)6-1-2-7-8(5-6)24-13(14-7)26-12-15-16-17-18(12)9-3-4-10(25-9)19(22)23/h1-5H,(H,20,21). The van der Waals surface area contributed by atoms with Crippen LogP contribution in [0, 0.1) is 10.1 Å². The lowest BCUT2D eigenvalue weighted by Crippen LogP contribution is -1.95. The van der Waals surface area contributed by atoms with Crippen LogP contribution in [0.3, 0.4) is 0 Å². The normalized spacial score (nSPS) is 11.1. The van der Waals surface area contributed by atoms with Gasteiger partial charge in [0.1, 0.15) is 5.00 Å². The summed E-state index contributed by atoms with van der Waals surface area (Å²) < 4.78 is 2.76. The molecule has 0 bridgehead atoms. The van der Waals surface area contributed by atoms with Crippen LogP contribution in [0.5, 0.6) is 0 Å². The van der Waals surface area contributed by atoms with Crippen LogP contribution in [-0.4, -0.2) is 41.2 Å². The number of benzene rings is 1. The number of rotatable bonds is 5. The minimum atomic E-state index is -1.00. The highest BCUT2D eigenvalue weighted by Crippen LogP contribution is 2.35. The topological polar surface area (TPSA) is 137 Å². The van der Waals surface area contributed by atoms with E-state index < -0.39 is 10.9 Å². The van der Waals surface area contributed by atoms with Crippen molar-refractivity contribution in [1.29, 1.82) is 0 Å². The Morgan fingerprint density at radius 2 is 2.12 bits per heavy atom. The minimum absolute atomic E-state index is 0.00682. The maximum absolute atomic E-state index is 11.1. The first-order chi connectivity index (χ1) is 12.5. The number of hydrogen-bond donors (Lipinski definition) is 1. The van der Waals surface area contributed by atoms with E-state index in [1.165, 1.54) is 39.9 Å². The van der Waals surface area contributed by atoms with Gasteiger partial charge < -0.3 is 5.11 Å². The van der Waals surface area contributed by atoms with Crippen LogP contribution in [0.2, 0.25) is 0 Å². The van der Waals surface area contributed by atoms with E-state index in [9.17, 15) is 14.9 Å². The van der Waals surface area contributed by atoms with E-state index in [1.54, 1.807) is 18.2 Å². The molecular weight excluding hydrogens is 400 g/mol.